The van der Waals surface area contributed by atoms with Gasteiger partial charge >= 0.3 is 0 Å². The molecule has 0 amide bonds. The predicted molar refractivity (Wildman–Crippen MR) is 55.9 cm³/mol. The normalized spacial score (nSPS) is 18.1. The van der Waals surface area contributed by atoms with Crippen molar-refractivity contribution in [3.63, 3.8) is 0 Å². The van der Waals surface area contributed by atoms with Crippen LogP contribution >= 0.6 is 0 Å². The molecule has 1 saturated carbocycles. The van der Waals surface area contributed by atoms with Gasteiger partial charge < -0.3 is 5.11 Å². The van der Waals surface area contributed by atoms with Crippen LogP contribution in [-0.2, 0) is 0 Å². The molecule has 76 valence electrons. The summed E-state index contributed by atoms with van der Waals surface area (Å²) in [6.45, 7) is 2.03. The van der Waals surface area contributed by atoms with Crippen molar-refractivity contribution >= 4 is 0 Å². The minimum Gasteiger partial charge on any atom is -0.387 e. The topological polar surface area (TPSA) is 33.1 Å². The molecule has 1 heterocycles. The van der Waals surface area contributed by atoms with Crippen LogP contribution in [0.1, 0.15) is 43.0 Å². The van der Waals surface area contributed by atoms with Crippen molar-refractivity contribution in [2.45, 2.75) is 38.7 Å². The van der Waals surface area contributed by atoms with Crippen molar-refractivity contribution in [3.05, 3.63) is 29.6 Å². The van der Waals surface area contributed by atoms with Gasteiger partial charge in [0.1, 0.15) is 0 Å². The van der Waals surface area contributed by atoms with Crippen molar-refractivity contribution in [2.24, 2.45) is 5.92 Å². The number of aryl methyl sites for hydroxylation is 1. The third-order valence-electron chi connectivity index (χ3n) is 2.82. The van der Waals surface area contributed by atoms with Crippen LogP contribution in [0, 0.1) is 12.8 Å². The first-order valence-electron chi connectivity index (χ1n) is 5.36. The first-order chi connectivity index (χ1) is 6.75. The summed E-state index contributed by atoms with van der Waals surface area (Å²) in [5.41, 5.74) is 1.99. The van der Waals surface area contributed by atoms with Crippen molar-refractivity contribution < 1.29 is 5.11 Å². The molecule has 14 heavy (non-hydrogen) atoms. The Balaban J connectivity index is 1.91. The van der Waals surface area contributed by atoms with Gasteiger partial charge in [0.05, 0.1) is 11.8 Å². The number of aliphatic hydroxyl groups is 1. The molecule has 0 radical (unpaired) electrons. The predicted octanol–water partition coefficient (Wildman–Crippen LogP) is 2.61. The number of hydrogen-bond acceptors (Lipinski definition) is 2. The average molecular weight is 191 g/mol. The lowest BCUT2D eigenvalue weighted by atomic mass is 10.1. The Labute approximate surface area is 85.0 Å². The number of pyridine rings is 1. The quantitative estimate of drug-likeness (QED) is 0.793. The Morgan fingerprint density at radius 1 is 1.57 bits per heavy atom. The standard InChI is InChI=1S/C12H17NO/c1-9-6-7-13-11(8-9)12(14)5-4-10-2-3-10/h6-8,10,12,14H,2-5H2,1H3. The van der Waals surface area contributed by atoms with Crippen molar-refractivity contribution in [1.82, 2.24) is 4.98 Å². The van der Waals surface area contributed by atoms with E-state index in [-0.39, 0.29) is 6.10 Å². The van der Waals surface area contributed by atoms with Gasteiger partial charge in [-0.3, -0.25) is 4.98 Å². The highest BCUT2D eigenvalue weighted by molar-refractivity contribution is 5.16. The van der Waals surface area contributed by atoms with E-state index >= 15 is 0 Å². The minimum atomic E-state index is -0.365. The average Bonchev–Trinajstić information content (AvgIpc) is 2.97. The van der Waals surface area contributed by atoms with Gasteiger partial charge in [0, 0.05) is 6.20 Å². The van der Waals surface area contributed by atoms with E-state index in [4.69, 9.17) is 0 Å². The molecule has 1 aromatic rings. The molecule has 2 nitrogen and oxygen atoms in total. The molecule has 0 spiro atoms. The number of aliphatic hydroxyl groups excluding tert-OH is 1. The molecular weight excluding hydrogens is 174 g/mol. The van der Waals surface area contributed by atoms with Gasteiger partial charge in [-0.1, -0.05) is 12.8 Å². The fourth-order valence-corrected chi connectivity index (χ4v) is 1.69. The highest BCUT2D eigenvalue weighted by atomic mass is 16.3. The molecule has 1 aliphatic rings. The summed E-state index contributed by atoms with van der Waals surface area (Å²) < 4.78 is 0. The number of nitrogens with zero attached hydrogens (tertiary/aromatic N) is 1. The second-order valence-electron chi connectivity index (χ2n) is 4.29. The van der Waals surface area contributed by atoms with E-state index in [1.54, 1.807) is 6.20 Å². The maximum Gasteiger partial charge on any atom is 0.0959 e. The first-order valence-corrected chi connectivity index (χ1v) is 5.36. The van der Waals surface area contributed by atoms with E-state index in [0.29, 0.717) is 0 Å². The molecule has 0 aliphatic heterocycles. The first kappa shape index (κ1) is 9.66. The molecular formula is C12H17NO. The lowest BCUT2D eigenvalue weighted by molar-refractivity contribution is 0.157. The van der Waals surface area contributed by atoms with Crippen LogP contribution in [-0.4, -0.2) is 10.1 Å². The van der Waals surface area contributed by atoms with Crippen molar-refractivity contribution in [1.29, 1.82) is 0 Å². The van der Waals surface area contributed by atoms with Crippen LogP contribution in [0.25, 0.3) is 0 Å². The van der Waals surface area contributed by atoms with Crippen LogP contribution in [0.15, 0.2) is 18.3 Å². The molecule has 1 N–H and O–H groups in total. The van der Waals surface area contributed by atoms with Crippen molar-refractivity contribution in [2.75, 3.05) is 0 Å². The van der Waals surface area contributed by atoms with E-state index in [1.807, 2.05) is 19.1 Å². The maximum atomic E-state index is 9.86. The molecule has 0 bridgehead atoms. The van der Waals surface area contributed by atoms with Gasteiger partial charge in [0.15, 0.2) is 0 Å². The smallest absolute Gasteiger partial charge is 0.0959 e. The molecule has 1 aliphatic carbocycles. The third-order valence-corrected chi connectivity index (χ3v) is 2.82. The minimum absolute atomic E-state index is 0.365. The van der Waals surface area contributed by atoms with Crippen LogP contribution in [0.2, 0.25) is 0 Å². The second kappa shape index (κ2) is 4.09. The van der Waals surface area contributed by atoms with E-state index in [9.17, 15) is 5.11 Å². The molecule has 1 aromatic heterocycles. The third kappa shape index (κ3) is 2.55. The second-order valence-corrected chi connectivity index (χ2v) is 4.29. The monoisotopic (exact) mass is 191 g/mol. The molecule has 1 unspecified atom stereocenters. The number of rotatable bonds is 4. The summed E-state index contributed by atoms with van der Waals surface area (Å²) in [7, 11) is 0. The lowest BCUT2D eigenvalue weighted by Crippen LogP contribution is -2.00. The fraction of sp³-hybridized carbons (Fsp3) is 0.583. The summed E-state index contributed by atoms with van der Waals surface area (Å²) in [5, 5.41) is 9.86. The largest absolute Gasteiger partial charge is 0.387 e. The van der Waals surface area contributed by atoms with E-state index in [0.717, 1.165) is 24.5 Å². The Bertz CT molecular complexity index is 307. The summed E-state index contributed by atoms with van der Waals surface area (Å²) >= 11 is 0. The summed E-state index contributed by atoms with van der Waals surface area (Å²) in [6.07, 6.45) is 6.13. The Morgan fingerprint density at radius 2 is 2.36 bits per heavy atom. The summed E-state index contributed by atoms with van der Waals surface area (Å²) in [4.78, 5) is 4.19. The Kier molecular flexibility index (Phi) is 2.82. The fourth-order valence-electron chi connectivity index (χ4n) is 1.69. The molecule has 0 saturated heterocycles. The zero-order valence-electron chi connectivity index (χ0n) is 8.61. The van der Waals surface area contributed by atoms with Gasteiger partial charge in [-0.2, -0.15) is 0 Å². The SMILES string of the molecule is Cc1ccnc(C(O)CCC2CC2)c1. The van der Waals surface area contributed by atoms with Crippen molar-refractivity contribution in [3.8, 4) is 0 Å². The van der Waals surface area contributed by atoms with Gasteiger partial charge in [0.2, 0.25) is 0 Å². The Morgan fingerprint density at radius 3 is 3.00 bits per heavy atom. The summed E-state index contributed by atoms with van der Waals surface area (Å²) in [5.74, 6) is 0.884. The highest BCUT2D eigenvalue weighted by Crippen LogP contribution is 2.35. The summed E-state index contributed by atoms with van der Waals surface area (Å²) in [6, 6.07) is 3.93. The van der Waals surface area contributed by atoms with E-state index < -0.39 is 0 Å². The molecule has 2 heteroatoms. The van der Waals surface area contributed by atoms with E-state index in [1.165, 1.54) is 18.4 Å². The zero-order chi connectivity index (χ0) is 9.97. The lowest BCUT2D eigenvalue weighted by Gasteiger charge is -2.09. The molecule has 1 atom stereocenters. The zero-order valence-corrected chi connectivity index (χ0v) is 8.61. The number of hydrogen-bond donors (Lipinski definition) is 1. The van der Waals surface area contributed by atoms with Crippen LogP contribution in [0.3, 0.4) is 0 Å². The van der Waals surface area contributed by atoms with Gasteiger partial charge in [-0.25, -0.2) is 0 Å². The Hall–Kier alpha value is -0.890. The van der Waals surface area contributed by atoms with Gasteiger partial charge in [-0.05, 0) is 43.4 Å². The van der Waals surface area contributed by atoms with E-state index in [2.05, 4.69) is 4.98 Å². The van der Waals surface area contributed by atoms with Crippen LogP contribution < -0.4 is 0 Å². The molecule has 0 aromatic carbocycles. The van der Waals surface area contributed by atoms with Crippen LogP contribution in [0.5, 0.6) is 0 Å². The van der Waals surface area contributed by atoms with Gasteiger partial charge in [-0.15, -0.1) is 0 Å². The molecule has 2 rings (SSSR count). The van der Waals surface area contributed by atoms with Gasteiger partial charge in [0.25, 0.3) is 0 Å². The highest BCUT2D eigenvalue weighted by Gasteiger charge is 2.22. The molecule has 1 fully saturated rings. The maximum absolute atomic E-state index is 9.86. The van der Waals surface area contributed by atoms with Crippen LogP contribution in [0.4, 0.5) is 0 Å². The number of aromatic nitrogens is 1.